The molecular weight excluding hydrogens is 216 g/mol. The molecule has 0 aromatic heterocycles. The van der Waals surface area contributed by atoms with Gasteiger partial charge in [-0.05, 0) is 32.6 Å². The first kappa shape index (κ1) is 12.3. The largest absolute Gasteiger partial charge is 0.360 e. The Kier molecular flexibility index (Phi) is 4.17. The van der Waals surface area contributed by atoms with Crippen molar-refractivity contribution in [2.24, 2.45) is 4.99 Å². The molecule has 1 aliphatic carbocycles. The Balaban J connectivity index is 1.95. The number of aliphatic imine (C=N–C) groups is 1. The van der Waals surface area contributed by atoms with Gasteiger partial charge in [0.2, 0.25) is 0 Å². The maximum atomic E-state index is 4.91. The minimum absolute atomic E-state index is 0.290. The number of hydrogen-bond acceptors (Lipinski definition) is 2. The highest BCUT2D eigenvalue weighted by Crippen LogP contribution is 2.27. The van der Waals surface area contributed by atoms with Crippen molar-refractivity contribution in [1.82, 2.24) is 5.32 Å². The summed E-state index contributed by atoms with van der Waals surface area (Å²) in [6.45, 7) is 4.59. The highest BCUT2D eigenvalue weighted by atomic mass is 32.2. The molecule has 0 aromatic carbocycles. The molecule has 1 atom stereocenters. The van der Waals surface area contributed by atoms with Crippen LogP contribution in [0.1, 0.15) is 58.8 Å². The summed E-state index contributed by atoms with van der Waals surface area (Å²) in [5.74, 6) is 1.23. The van der Waals surface area contributed by atoms with Gasteiger partial charge in [0.25, 0.3) is 0 Å². The van der Waals surface area contributed by atoms with E-state index in [0.29, 0.717) is 11.6 Å². The second-order valence-corrected chi connectivity index (χ2v) is 6.45. The van der Waals surface area contributed by atoms with E-state index >= 15 is 0 Å². The van der Waals surface area contributed by atoms with Crippen molar-refractivity contribution in [3.63, 3.8) is 0 Å². The molecule has 2 fully saturated rings. The van der Waals surface area contributed by atoms with Crippen LogP contribution in [0.15, 0.2) is 4.99 Å². The predicted octanol–water partition coefficient (Wildman–Crippen LogP) is 3.57. The molecule has 2 nitrogen and oxygen atoms in total. The molecule has 1 aliphatic heterocycles. The molecule has 0 radical (unpaired) electrons. The van der Waals surface area contributed by atoms with Gasteiger partial charge in [0.05, 0.1) is 6.04 Å². The molecule has 1 saturated heterocycles. The van der Waals surface area contributed by atoms with Crippen molar-refractivity contribution in [2.75, 3.05) is 5.75 Å². The zero-order valence-electron chi connectivity index (χ0n) is 10.6. The lowest BCUT2D eigenvalue weighted by Crippen LogP contribution is -2.48. The van der Waals surface area contributed by atoms with E-state index in [1.165, 1.54) is 55.9 Å². The molecule has 92 valence electrons. The van der Waals surface area contributed by atoms with E-state index in [4.69, 9.17) is 4.99 Å². The van der Waals surface area contributed by atoms with Crippen LogP contribution >= 0.6 is 11.8 Å². The molecular formula is C13H24N2S. The number of amidine groups is 1. The summed E-state index contributed by atoms with van der Waals surface area (Å²) in [5.41, 5.74) is 0.290. The van der Waals surface area contributed by atoms with E-state index in [2.05, 4.69) is 19.2 Å². The standard InChI is InChI=1S/C13H24N2S/c1-3-13(2)9-10-16-12(15-13)14-11-7-5-4-6-8-11/h11H,3-10H2,1-2H3,(H,14,15). The average molecular weight is 240 g/mol. The summed E-state index contributed by atoms with van der Waals surface area (Å²) in [6.07, 6.45) is 9.21. The molecule has 0 spiro atoms. The van der Waals surface area contributed by atoms with Crippen LogP contribution in [-0.4, -0.2) is 22.5 Å². The molecule has 2 aliphatic rings. The maximum Gasteiger partial charge on any atom is 0.157 e. The summed E-state index contributed by atoms with van der Waals surface area (Å²) >= 11 is 1.91. The van der Waals surface area contributed by atoms with Crippen LogP contribution < -0.4 is 5.32 Å². The molecule has 1 N–H and O–H groups in total. The Hall–Kier alpha value is -0.180. The van der Waals surface area contributed by atoms with Gasteiger partial charge < -0.3 is 5.32 Å². The van der Waals surface area contributed by atoms with Crippen molar-refractivity contribution in [2.45, 2.75) is 70.4 Å². The van der Waals surface area contributed by atoms with E-state index in [1.807, 2.05) is 11.8 Å². The third-order valence-corrected chi connectivity index (χ3v) is 4.85. The minimum Gasteiger partial charge on any atom is -0.360 e. The monoisotopic (exact) mass is 240 g/mol. The Morgan fingerprint density at radius 2 is 2.12 bits per heavy atom. The maximum absolute atomic E-state index is 4.91. The number of hydrogen-bond donors (Lipinski definition) is 1. The average Bonchev–Trinajstić information content (AvgIpc) is 2.30. The lowest BCUT2D eigenvalue weighted by molar-refractivity contribution is 0.386. The third-order valence-electron chi connectivity index (χ3n) is 3.96. The van der Waals surface area contributed by atoms with Gasteiger partial charge in [-0.2, -0.15) is 0 Å². The topological polar surface area (TPSA) is 24.4 Å². The van der Waals surface area contributed by atoms with Crippen LogP contribution in [0.4, 0.5) is 0 Å². The number of thioether (sulfide) groups is 1. The highest BCUT2D eigenvalue weighted by molar-refractivity contribution is 8.13. The lowest BCUT2D eigenvalue weighted by atomic mass is 9.95. The predicted molar refractivity (Wildman–Crippen MR) is 73.2 cm³/mol. The Labute approximate surface area is 104 Å². The van der Waals surface area contributed by atoms with Crippen molar-refractivity contribution in [1.29, 1.82) is 0 Å². The number of nitrogens with zero attached hydrogens (tertiary/aromatic N) is 1. The van der Waals surface area contributed by atoms with Crippen LogP contribution in [0, 0.1) is 0 Å². The second-order valence-electron chi connectivity index (χ2n) is 5.36. The normalized spacial score (nSPS) is 35.0. The van der Waals surface area contributed by atoms with Gasteiger partial charge in [-0.25, -0.2) is 0 Å². The second kappa shape index (κ2) is 5.44. The van der Waals surface area contributed by atoms with Crippen molar-refractivity contribution in [3.05, 3.63) is 0 Å². The highest BCUT2D eigenvalue weighted by Gasteiger charge is 2.28. The van der Waals surface area contributed by atoms with Gasteiger partial charge in [0.1, 0.15) is 0 Å². The van der Waals surface area contributed by atoms with E-state index in [9.17, 15) is 0 Å². The Bertz CT molecular complexity index is 259. The first-order chi connectivity index (χ1) is 7.72. The summed E-state index contributed by atoms with van der Waals surface area (Å²) in [5, 5.41) is 4.85. The third kappa shape index (κ3) is 3.16. The molecule has 16 heavy (non-hydrogen) atoms. The fourth-order valence-corrected chi connectivity index (χ4v) is 3.73. The van der Waals surface area contributed by atoms with E-state index < -0.39 is 0 Å². The molecule has 0 amide bonds. The minimum atomic E-state index is 0.290. The molecule has 0 bridgehead atoms. The zero-order chi connectivity index (χ0) is 11.4. The Morgan fingerprint density at radius 1 is 1.38 bits per heavy atom. The fraction of sp³-hybridized carbons (Fsp3) is 0.923. The van der Waals surface area contributed by atoms with Crippen LogP contribution in [0.5, 0.6) is 0 Å². The van der Waals surface area contributed by atoms with Gasteiger partial charge in [-0.3, -0.25) is 4.99 Å². The molecule has 0 aromatic rings. The molecule has 2 rings (SSSR count). The SMILES string of the molecule is CCC1(C)CCSC(=NC2CCCCC2)N1. The van der Waals surface area contributed by atoms with Crippen LogP contribution in [-0.2, 0) is 0 Å². The molecule has 1 unspecified atom stereocenters. The van der Waals surface area contributed by atoms with Crippen molar-refractivity contribution in [3.8, 4) is 0 Å². The summed E-state index contributed by atoms with van der Waals surface area (Å²) in [7, 11) is 0. The van der Waals surface area contributed by atoms with Crippen molar-refractivity contribution >= 4 is 16.9 Å². The first-order valence-electron chi connectivity index (χ1n) is 6.71. The summed E-state index contributed by atoms with van der Waals surface area (Å²) in [4.78, 5) is 4.91. The fourth-order valence-electron chi connectivity index (χ4n) is 2.44. The zero-order valence-corrected chi connectivity index (χ0v) is 11.4. The first-order valence-corrected chi connectivity index (χ1v) is 7.69. The van der Waals surface area contributed by atoms with Gasteiger partial charge in [-0.15, -0.1) is 0 Å². The van der Waals surface area contributed by atoms with Crippen LogP contribution in [0.3, 0.4) is 0 Å². The molecule has 1 saturated carbocycles. The van der Waals surface area contributed by atoms with Crippen molar-refractivity contribution < 1.29 is 0 Å². The van der Waals surface area contributed by atoms with Gasteiger partial charge in [-0.1, -0.05) is 37.9 Å². The number of nitrogens with one attached hydrogen (secondary N) is 1. The van der Waals surface area contributed by atoms with Gasteiger partial charge in [0.15, 0.2) is 5.17 Å². The lowest BCUT2D eigenvalue weighted by Gasteiger charge is -2.35. The van der Waals surface area contributed by atoms with E-state index in [-0.39, 0.29) is 0 Å². The van der Waals surface area contributed by atoms with Crippen LogP contribution in [0.25, 0.3) is 0 Å². The van der Waals surface area contributed by atoms with Crippen LogP contribution in [0.2, 0.25) is 0 Å². The number of rotatable bonds is 2. The molecule has 1 heterocycles. The van der Waals surface area contributed by atoms with Gasteiger partial charge in [0, 0.05) is 11.3 Å². The Morgan fingerprint density at radius 3 is 2.81 bits per heavy atom. The van der Waals surface area contributed by atoms with Gasteiger partial charge >= 0.3 is 0 Å². The van der Waals surface area contributed by atoms with E-state index in [1.54, 1.807) is 0 Å². The summed E-state index contributed by atoms with van der Waals surface area (Å²) in [6, 6.07) is 0.600. The summed E-state index contributed by atoms with van der Waals surface area (Å²) < 4.78 is 0. The van der Waals surface area contributed by atoms with E-state index in [0.717, 1.165) is 0 Å². The smallest absolute Gasteiger partial charge is 0.157 e. The quantitative estimate of drug-likeness (QED) is 0.798. The molecule has 3 heteroatoms.